The molecule has 2 fully saturated rings. The summed E-state index contributed by atoms with van der Waals surface area (Å²) in [5, 5.41) is 14.5. The number of nitrogens with one attached hydrogen (secondary N) is 1. The van der Waals surface area contributed by atoms with Crippen LogP contribution in [0, 0.1) is 13.8 Å². The number of hydrogen-bond acceptors (Lipinski definition) is 5. The van der Waals surface area contributed by atoms with E-state index < -0.39 is 0 Å². The first-order valence-corrected chi connectivity index (χ1v) is 10.6. The Labute approximate surface area is 173 Å². The molecular formula is C23H24N6O. The van der Waals surface area contributed by atoms with Crippen molar-refractivity contribution in [2.45, 2.75) is 51.1 Å². The van der Waals surface area contributed by atoms with E-state index in [1.165, 1.54) is 12.8 Å². The molecule has 1 aliphatic carbocycles. The minimum Gasteiger partial charge on any atom is -0.311 e. The fraction of sp³-hybridized carbons (Fsp3) is 0.391. The molecule has 4 heterocycles. The van der Waals surface area contributed by atoms with Gasteiger partial charge in [0.15, 0.2) is 5.65 Å². The largest absolute Gasteiger partial charge is 0.311 e. The lowest BCUT2D eigenvalue weighted by molar-refractivity contribution is 0.264. The van der Waals surface area contributed by atoms with Crippen molar-refractivity contribution in [3.8, 4) is 11.3 Å². The second-order valence-corrected chi connectivity index (χ2v) is 8.91. The average Bonchev–Trinajstić information content (AvgIpc) is 3.35. The van der Waals surface area contributed by atoms with Gasteiger partial charge < -0.3 is 5.32 Å². The number of fused-ring (bicyclic) bond motifs is 2. The van der Waals surface area contributed by atoms with Crippen LogP contribution in [0.4, 0.5) is 0 Å². The Kier molecular flexibility index (Phi) is 3.68. The third-order valence-electron chi connectivity index (χ3n) is 6.65. The predicted octanol–water partition coefficient (Wildman–Crippen LogP) is 3.18. The van der Waals surface area contributed by atoms with Gasteiger partial charge >= 0.3 is 0 Å². The summed E-state index contributed by atoms with van der Waals surface area (Å²) in [6, 6.07) is 8.19. The molecule has 1 aliphatic heterocycles. The summed E-state index contributed by atoms with van der Waals surface area (Å²) in [5.41, 5.74) is 4.83. The number of aromatic nitrogens is 5. The van der Waals surface area contributed by atoms with Gasteiger partial charge in [-0.2, -0.15) is 10.2 Å². The van der Waals surface area contributed by atoms with Crippen LogP contribution in [0.1, 0.15) is 43.0 Å². The van der Waals surface area contributed by atoms with Crippen molar-refractivity contribution in [2.24, 2.45) is 0 Å². The van der Waals surface area contributed by atoms with Crippen molar-refractivity contribution in [1.29, 1.82) is 0 Å². The summed E-state index contributed by atoms with van der Waals surface area (Å²) >= 11 is 0. The normalized spacial score (nSPS) is 20.3. The van der Waals surface area contributed by atoms with E-state index in [-0.39, 0.29) is 17.1 Å². The van der Waals surface area contributed by atoms with Gasteiger partial charge in [-0.25, -0.2) is 14.2 Å². The van der Waals surface area contributed by atoms with Crippen molar-refractivity contribution < 1.29 is 0 Å². The molecule has 7 heteroatoms. The van der Waals surface area contributed by atoms with Gasteiger partial charge in [0.2, 0.25) is 0 Å². The van der Waals surface area contributed by atoms with Crippen LogP contribution in [0.25, 0.3) is 27.7 Å². The number of benzene rings is 1. The minimum atomic E-state index is 0.0212. The summed E-state index contributed by atoms with van der Waals surface area (Å²) in [5.74, 6) is 0. The lowest BCUT2D eigenvalue weighted by atomic mass is 9.97. The summed E-state index contributed by atoms with van der Waals surface area (Å²) < 4.78 is 3.53. The van der Waals surface area contributed by atoms with Crippen molar-refractivity contribution in [3.63, 3.8) is 0 Å². The van der Waals surface area contributed by atoms with Gasteiger partial charge in [0.1, 0.15) is 0 Å². The smallest absolute Gasteiger partial charge is 0.275 e. The molecule has 30 heavy (non-hydrogen) atoms. The van der Waals surface area contributed by atoms with Crippen molar-refractivity contribution >= 4 is 16.4 Å². The Balaban J connectivity index is 1.44. The van der Waals surface area contributed by atoms with E-state index in [1.54, 1.807) is 9.20 Å². The topological polar surface area (TPSA) is 77.1 Å². The number of hydrogen-bond donors (Lipinski definition) is 1. The Hall–Kier alpha value is -3.06. The van der Waals surface area contributed by atoms with E-state index in [0.717, 1.165) is 58.3 Å². The number of nitrogens with zero attached hydrogens (tertiary/aromatic N) is 5. The molecule has 1 unspecified atom stereocenters. The zero-order valence-corrected chi connectivity index (χ0v) is 17.2. The third-order valence-corrected chi connectivity index (χ3v) is 6.65. The van der Waals surface area contributed by atoms with Crippen LogP contribution in [0.2, 0.25) is 0 Å². The predicted molar refractivity (Wildman–Crippen MR) is 116 cm³/mol. The van der Waals surface area contributed by atoms with E-state index in [2.05, 4.69) is 21.5 Å². The SMILES string of the molecule is Cc1cn2nc(-c3cc(C)c4c(=O)n(C5CCNC6(CC6)C5)ncc4c3)ccc2n1. The number of rotatable bonds is 2. The lowest BCUT2D eigenvalue weighted by Crippen LogP contribution is -2.43. The van der Waals surface area contributed by atoms with Crippen LogP contribution < -0.4 is 10.9 Å². The molecule has 1 N–H and O–H groups in total. The van der Waals surface area contributed by atoms with Gasteiger partial charge in [-0.1, -0.05) is 0 Å². The maximum Gasteiger partial charge on any atom is 0.275 e. The maximum absolute atomic E-state index is 13.4. The van der Waals surface area contributed by atoms with E-state index in [9.17, 15) is 4.79 Å². The molecule has 0 amide bonds. The van der Waals surface area contributed by atoms with Gasteiger partial charge in [0, 0.05) is 16.5 Å². The van der Waals surface area contributed by atoms with Gasteiger partial charge in [0.25, 0.3) is 5.56 Å². The molecule has 7 nitrogen and oxygen atoms in total. The van der Waals surface area contributed by atoms with Gasteiger partial charge in [0.05, 0.1) is 35.2 Å². The Morgan fingerprint density at radius 3 is 2.90 bits per heavy atom. The Morgan fingerprint density at radius 1 is 1.20 bits per heavy atom. The van der Waals surface area contributed by atoms with Crippen LogP contribution in [-0.4, -0.2) is 36.5 Å². The molecule has 1 atom stereocenters. The van der Waals surface area contributed by atoms with E-state index in [0.29, 0.717) is 0 Å². The van der Waals surface area contributed by atoms with E-state index >= 15 is 0 Å². The molecule has 1 spiro atoms. The molecule has 0 radical (unpaired) electrons. The van der Waals surface area contributed by atoms with Crippen LogP contribution in [0.5, 0.6) is 0 Å². The molecule has 0 bridgehead atoms. The van der Waals surface area contributed by atoms with Crippen LogP contribution in [0.15, 0.2) is 41.5 Å². The Bertz CT molecular complexity index is 1360. The van der Waals surface area contributed by atoms with Crippen molar-refractivity contribution in [3.05, 3.63) is 58.3 Å². The van der Waals surface area contributed by atoms with Gasteiger partial charge in [-0.15, -0.1) is 0 Å². The summed E-state index contributed by atoms with van der Waals surface area (Å²) in [7, 11) is 0. The zero-order valence-electron chi connectivity index (χ0n) is 17.2. The zero-order chi connectivity index (χ0) is 20.5. The fourth-order valence-electron chi connectivity index (χ4n) is 4.93. The maximum atomic E-state index is 13.4. The second-order valence-electron chi connectivity index (χ2n) is 8.91. The summed E-state index contributed by atoms with van der Waals surface area (Å²) in [4.78, 5) is 17.8. The first-order valence-electron chi connectivity index (χ1n) is 10.6. The first-order chi connectivity index (χ1) is 14.5. The van der Waals surface area contributed by atoms with E-state index in [1.807, 2.05) is 44.4 Å². The molecule has 4 aromatic rings. The highest BCUT2D eigenvalue weighted by Crippen LogP contribution is 2.45. The first kappa shape index (κ1) is 17.8. The average molecular weight is 400 g/mol. The highest BCUT2D eigenvalue weighted by atomic mass is 16.1. The van der Waals surface area contributed by atoms with Crippen LogP contribution in [0.3, 0.4) is 0 Å². The molecular weight excluding hydrogens is 376 g/mol. The number of imidazole rings is 1. The van der Waals surface area contributed by atoms with Gasteiger partial charge in [-0.3, -0.25) is 4.79 Å². The van der Waals surface area contributed by atoms with Crippen molar-refractivity contribution in [2.75, 3.05) is 6.54 Å². The molecule has 6 rings (SSSR count). The van der Waals surface area contributed by atoms with Gasteiger partial charge in [-0.05, 0) is 75.9 Å². The summed E-state index contributed by atoms with van der Waals surface area (Å²) in [6.45, 7) is 4.91. The molecule has 1 saturated heterocycles. The number of piperidine rings is 1. The highest BCUT2D eigenvalue weighted by Gasteiger charge is 2.46. The van der Waals surface area contributed by atoms with Crippen molar-refractivity contribution in [1.82, 2.24) is 29.7 Å². The molecule has 2 aliphatic rings. The standard InChI is InChI=1S/C23H24N6O/c1-14-9-16(19-3-4-20-26-15(2)13-28(20)27-19)10-17-12-25-29(22(30)21(14)17)18-5-8-24-23(11-18)6-7-23/h3-4,9-10,12-13,18,24H,5-8,11H2,1-2H3. The molecule has 152 valence electrons. The highest BCUT2D eigenvalue weighted by molar-refractivity contribution is 5.88. The molecule has 1 aromatic carbocycles. The van der Waals surface area contributed by atoms with E-state index in [4.69, 9.17) is 5.10 Å². The fourth-order valence-corrected chi connectivity index (χ4v) is 4.93. The molecule has 3 aromatic heterocycles. The van der Waals surface area contributed by atoms with Crippen LogP contribution in [-0.2, 0) is 0 Å². The third kappa shape index (κ3) is 2.76. The molecule has 1 saturated carbocycles. The number of aryl methyl sites for hydroxylation is 2. The monoisotopic (exact) mass is 400 g/mol. The minimum absolute atomic E-state index is 0.0212. The summed E-state index contributed by atoms with van der Waals surface area (Å²) in [6.07, 6.45) is 8.12. The second kappa shape index (κ2) is 6.22. The van der Waals surface area contributed by atoms with Crippen LogP contribution >= 0.6 is 0 Å². The Morgan fingerprint density at radius 2 is 2.07 bits per heavy atom. The lowest BCUT2D eigenvalue weighted by Gasteiger charge is -2.31. The quantitative estimate of drug-likeness (QED) is 0.559.